The van der Waals surface area contributed by atoms with Gasteiger partial charge in [-0.05, 0) is 64.4 Å². The molecular formula is C18H26O. The first-order valence-corrected chi connectivity index (χ1v) is 7.41. The Morgan fingerprint density at radius 1 is 1.05 bits per heavy atom. The highest BCUT2D eigenvalue weighted by atomic mass is 16.1. The van der Waals surface area contributed by atoms with Crippen LogP contribution in [0, 0.1) is 10.8 Å². The molecule has 1 heteroatoms. The van der Waals surface area contributed by atoms with E-state index in [1.54, 1.807) is 0 Å². The summed E-state index contributed by atoms with van der Waals surface area (Å²) < 4.78 is 0. The number of carbonyl (C=O) groups excluding carboxylic acids is 1. The van der Waals surface area contributed by atoms with Crippen LogP contribution in [-0.2, 0) is 4.79 Å². The molecule has 0 spiro atoms. The van der Waals surface area contributed by atoms with Gasteiger partial charge < -0.3 is 0 Å². The van der Waals surface area contributed by atoms with E-state index in [0.717, 1.165) is 19.3 Å². The van der Waals surface area contributed by atoms with Crippen molar-refractivity contribution >= 4 is 5.78 Å². The van der Waals surface area contributed by atoms with Crippen LogP contribution in [0.25, 0.3) is 0 Å². The van der Waals surface area contributed by atoms with Gasteiger partial charge in [0.2, 0.25) is 0 Å². The number of ketones is 1. The predicted octanol–water partition coefficient (Wildman–Crippen LogP) is 4.99. The molecular weight excluding hydrogens is 232 g/mol. The average molecular weight is 258 g/mol. The van der Waals surface area contributed by atoms with Gasteiger partial charge in [0.25, 0.3) is 0 Å². The molecule has 0 aliphatic heterocycles. The van der Waals surface area contributed by atoms with Gasteiger partial charge in [-0.15, -0.1) is 0 Å². The molecule has 2 aliphatic carbocycles. The lowest BCUT2D eigenvalue weighted by atomic mass is 9.71. The van der Waals surface area contributed by atoms with Crippen molar-refractivity contribution in [1.82, 2.24) is 0 Å². The molecule has 0 radical (unpaired) electrons. The van der Waals surface area contributed by atoms with Crippen molar-refractivity contribution < 1.29 is 4.79 Å². The normalized spacial score (nSPS) is 36.3. The molecule has 0 amide bonds. The van der Waals surface area contributed by atoms with Crippen molar-refractivity contribution in [2.75, 3.05) is 0 Å². The second-order valence-electron chi connectivity index (χ2n) is 7.01. The van der Waals surface area contributed by atoms with Gasteiger partial charge in [-0.2, -0.15) is 0 Å². The summed E-state index contributed by atoms with van der Waals surface area (Å²) in [7, 11) is 0. The monoisotopic (exact) mass is 258 g/mol. The van der Waals surface area contributed by atoms with Gasteiger partial charge in [-0.25, -0.2) is 0 Å². The number of allylic oxidation sites excluding steroid dienone is 6. The van der Waals surface area contributed by atoms with Crippen LogP contribution in [0.3, 0.4) is 0 Å². The first-order valence-electron chi connectivity index (χ1n) is 7.41. The summed E-state index contributed by atoms with van der Waals surface area (Å²) in [5, 5.41) is 0. The zero-order chi connectivity index (χ0) is 14.1. The molecule has 2 rings (SSSR count). The molecule has 0 bridgehead atoms. The van der Waals surface area contributed by atoms with E-state index < -0.39 is 0 Å². The molecule has 0 saturated heterocycles. The summed E-state index contributed by atoms with van der Waals surface area (Å²) in [5.74, 6) is 0.277. The Kier molecular flexibility index (Phi) is 3.85. The molecule has 0 fully saturated rings. The number of rotatable bonds is 2. The van der Waals surface area contributed by atoms with Gasteiger partial charge in [0, 0.05) is 5.41 Å². The van der Waals surface area contributed by atoms with Crippen molar-refractivity contribution in [3.8, 4) is 0 Å². The zero-order valence-corrected chi connectivity index (χ0v) is 12.8. The molecule has 2 aliphatic rings. The van der Waals surface area contributed by atoms with Gasteiger partial charge in [-0.3, -0.25) is 4.79 Å². The van der Waals surface area contributed by atoms with Crippen LogP contribution in [0.15, 0.2) is 35.5 Å². The van der Waals surface area contributed by atoms with Crippen molar-refractivity contribution in [2.45, 2.75) is 59.8 Å². The lowest BCUT2D eigenvalue weighted by molar-refractivity contribution is -0.121. The maximum atomic E-state index is 12.2. The molecule has 19 heavy (non-hydrogen) atoms. The molecule has 0 aromatic rings. The maximum absolute atomic E-state index is 12.2. The van der Waals surface area contributed by atoms with Gasteiger partial charge in [0.05, 0.1) is 0 Å². The fourth-order valence-corrected chi connectivity index (χ4v) is 2.84. The van der Waals surface area contributed by atoms with Crippen molar-refractivity contribution in [3.05, 3.63) is 35.5 Å². The molecule has 104 valence electrons. The van der Waals surface area contributed by atoms with Crippen molar-refractivity contribution in [3.63, 3.8) is 0 Å². The smallest absolute Gasteiger partial charge is 0.165 e. The van der Waals surface area contributed by atoms with E-state index >= 15 is 0 Å². The number of hydrogen-bond acceptors (Lipinski definition) is 1. The van der Waals surface area contributed by atoms with Crippen LogP contribution in [0.5, 0.6) is 0 Å². The van der Waals surface area contributed by atoms with Gasteiger partial charge >= 0.3 is 0 Å². The lowest BCUT2D eigenvalue weighted by Gasteiger charge is -2.32. The Balaban J connectivity index is 2.12. The Labute approximate surface area is 117 Å². The third-order valence-electron chi connectivity index (χ3n) is 4.84. The van der Waals surface area contributed by atoms with Crippen LogP contribution in [0.4, 0.5) is 0 Å². The van der Waals surface area contributed by atoms with E-state index in [0.29, 0.717) is 0 Å². The summed E-state index contributed by atoms with van der Waals surface area (Å²) in [6, 6.07) is 0. The second-order valence-corrected chi connectivity index (χ2v) is 7.01. The highest BCUT2D eigenvalue weighted by molar-refractivity contribution is 5.97. The molecule has 0 heterocycles. The van der Waals surface area contributed by atoms with E-state index in [1.807, 2.05) is 6.08 Å². The quantitative estimate of drug-likeness (QED) is 0.637. The lowest BCUT2D eigenvalue weighted by Crippen LogP contribution is -2.28. The molecule has 2 unspecified atom stereocenters. The summed E-state index contributed by atoms with van der Waals surface area (Å²) in [6.45, 7) is 8.66. The summed E-state index contributed by atoms with van der Waals surface area (Å²) in [4.78, 5) is 12.2. The summed E-state index contributed by atoms with van der Waals surface area (Å²) in [6.07, 6.45) is 14.2. The second kappa shape index (κ2) is 5.11. The molecule has 0 aromatic heterocycles. The fraction of sp³-hybridized carbons (Fsp3) is 0.611. The molecule has 0 aromatic carbocycles. The summed E-state index contributed by atoms with van der Waals surface area (Å²) in [5.41, 5.74) is 2.68. The Morgan fingerprint density at radius 2 is 1.74 bits per heavy atom. The first kappa shape index (κ1) is 14.3. The minimum atomic E-state index is -0.279. The van der Waals surface area contributed by atoms with Crippen LogP contribution < -0.4 is 0 Å². The van der Waals surface area contributed by atoms with Crippen LogP contribution in [0.2, 0.25) is 0 Å². The zero-order valence-electron chi connectivity index (χ0n) is 12.8. The summed E-state index contributed by atoms with van der Waals surface area (Å²) >= 11 is 0. The van der Waals surface area contributed by atoms with E-state index in [9.17, 15) is 4.79 Å². The van der Waals surface area contributed by atoms with Gasteiger partial charge in [0.1, 0.15) is 0 Å². The minimum Gasteiger partial charge on any atom is -0.294 e. The Morgan fingerprint density at radius 3 is 2.32 bits per heavy atom. The van der Waals surface area contributed by atoms with Crippen LogP contribution >= 0.6 is 0 Å². The third-order valence-corrected chi connectivity index (χ3v) is 4.84. The number of carbonyl (C=O) groups is 1. The highest BCUT2D eigenvalue weighted by Gasteiger charge is 2.33. The molecule has 1 nitrogen and oxygen atoms in total. The third kappa shape index (κ3) is 3.26. The van der Waals surface area contributed by atoms with Gasteiger partial charge in [-0.1, -0.05) is 36.3 Å². The SMILES string of the molecule is CC1=CCC(C)(/C=C/C2(C)CCC(C)=CC2=O)CC1. The Bertz CT molecular complexity index is 466. The maximum Gasteiger partial charge on any atom is 0.165 e. The van der Waals surface area contributed by atoms with Gasteiger partial charge in [0.15, 0.2) is 5.78 Å². The number of hydrogen-bond donors (Lipinski definition) is 0. The molecule has 0 N–H and O–H groups in total. The highest BCUT2D eigenvalue weighted by Crippen LogP contribution is 2.39. The topological polar surface area (TPSA) is 17.1 Å². The molecule has 0 saturated carbocycles. The first-order chi connectivity index (χ1) is 8.83. The van der Waals surface area contributed by atoms with E-state index in [1.165, 1.54) is 24.0 Å². The van der Waals surface area contributed by atoms with E-state index in [2.05, 4.69) is 45.9 Å². The predicted molar refractivity (Wildman–Crippen MR) is 81.0 cm³/mol. The van der Waals surface area contributed by atoms with E-state index in [4.69, 9.17) is 0 Å². The Hall–Kier alpha value is -1.11. The van der Waals surface area contributed by atoms with Crippen LogP contribution in [0.1, 0.15) is 59.8 Å². The van der Waals surface area contributed by atoms with Crippen LogP contribution in [-0.4, -0.2) is 5.78 Å². The van der Waals surface area contributed by atoms with Crippen molar-refractivity contribution in [1.29, 1.82) is 0 Å². The largest absolute Gasteiger partial charge is 0.294 e. The molecule has 2 atom stereocenters. The average Bonchev–Trinajstić information content (AvgIpc) is 2.37. The van der Waals surface area contributed by atoms with Crippen molar-refractivity contribution in [2.24, 2.45) is 10.8 Å². The van der Waals surface area contributed by atoms with E-state index in [-0.39, 0.29) is 16.6 Å². The minimum absolute atomic E-state index is 0.235. The standard InChI is InChI=1S/C18H26O/c1-14-5-8-17(3,9-6-14)11-12-18(4)10-7-15(2)13-16(18)19/h5,11-13H,6-10H2,1-4H3/b12-11+. The fourth-order valence-electron chi connectivity index (χ4n) is 2.84.